The number of piperidine rings is 1. The van der Waals surface area contributed by atoms with Gasteiger partial charge in [0.2, 0.25) is 0 Å². The summed E-state index contributed by atoms with van der Waals surface area (Å²) < 4.78 is 53.3. The number of anilines is 1. The van der Waals surface area contributed by atoms with Crippen molar-refractivity contribution in [2.45, 2.75) is 44.4 Å². The van der Waals surface area contributed by atoms with Gasteiger partial charge in [-0.2, -0.15) is 18.3 Å². The van der Waals surface area contributed by atoms with Gasteiger partial charge in [-0.1, -0.05) is 13.0 Å². The minimum absolute atomic E-state index is 0.0317. The largest absolute Gasteiger partial charge is 0.493 e. The van der Waals surface area contributed by atoms with Crippen LogP contribution in [0.4, 0.5) is 19.0 Å². The molecule has 2 atom stereocenters. The molecule has 2 aromatic rings. The number of aromatic nitrogens is 2. The number of halogens is 3. The number of nitrogens with one attached hydrogen (secondary N) is 1. The molecule has 0 unspecified atom stereocenters. The summed E-state index contributed by atoms with van der Waals surface area (Å²) >= 11 is 0. The van der Waals surface area contributed by atoms with Crippen LogP contribution in [0.25, 0.3) is 0 Å². The lowest BCUT2D eigenvalue weighted by molar-refractivity contribution is -0.173. The number of carbonyl (C=O) groups excluding carboxylic acids is 1. The number of hydrogen-bond donors (Lipinski definition) is 1. The monoisotopic (exact) mass is 452 g/mol. The van der Waals surface area contributed by atoms with Crippen LogP contribution in [0.15, 0.2) is 24.3 Å². The standard InChI is InChI=1S/C22H27F3N4O3/c1-13-6-8-28(9-7-13)21(30)16-12-20-26-15(11-19(22(23,24)25)29(20)27-16)14-4-5-17(31-2)18(10-14)32-3/h4-5,10,12-13,15,19,26H,6-9,11H2,1-3H3/t15-,19+/m0/s1. The second-order valence-electron chi connectivity index (χ2n) is 8.44. The smallest absolute Gasteiger partial charge is 0.410 e. The molecule has 0 radical (unpaired) electrons. The van der Waals surface area contributed by atoms with Gasteiger partial charge in [0.05, 0.1) is 20.3 Å². The van der Waals surface area contributed by atoms with Gasteiger partial charge in [-0.3, -0.25) is 4.79 Å². The van der Waals surface area contributed by atoms with Gasteiger partial charge in [-0.05, 0) is 36.5 Å². The average molecular weight is 452 g/mol. The summed E-state index contributed by atoms with van der Waals surface area (Å²) in [6, 6.07) is 3.98. The summed E-state index contributed by atoms with van der Waals surface area (Å²) in [6.45, 7) is 3.31. The molecule has 1 amide bonds. The van der Waals surface area contributed by atoms with Crippen LogP contribution in [0.5, 0.6) is 11.5 Å². The number of likely N-dealkylation sites (tertiary alicyclic amines) is 1. The van der Waals surface area contributed by atoms with E-state index in [9.17, 15) is 18.0 Å². The quantitative estimate of drug-likeness (QED) is 0.743. The summed E-state index contributed by atoms with van der Waals surface area (Å²) in [5, 5.41) is 7.20. The van der Waals surface area contributed by atoms with Crippen molar-refractivity contribution < 1.29 is 27.4 Å². The minimum atomic E-state index is -4.52. The fourth-order valence-corrected chi connectivity index (χ4v) is 4.34. The molecule has 174 valence electrons. The number of methoxy groups -OCH3 is 2. The molecule has 0 aliphatic carbocycles. The first-order chi connectivity index (χ1) is 15.2. The highest BCUT2D eigenvalue weighted by atomic mass is 19.4. The van der Waals surface area contributed by atoms with Gasteiger partial charge >= 0.3 is 6.18 Å². The first-order valence-electron chi connectivity index (χ1n) is 10.6. The van der Waals surface area contributed by atoms with E-state index in [-0.39, 0.29) is 23.8 Å². The molecule has 0 saturated carbocycles. The maximum absolute atomic E-state index is 14.0. The zero-order valence-electron chi connectivity index (χ0n) is 18.3. The van der Waals surface area contributed by atoms with Crippen molar-refractivity contribution in [2.75, 3.05) is 32.6 Å². The Balaban J connectivity index is 1.64. The highest BCUT2D eigenvalue weighted by Crippen LogP contribution is 2.44. The molecule has 1 saturated heterocycles. The fourth-order valence-electron chi connectivity index (χ4n) is 4.34. The van der Waals surface area contributed by atoms with Gasteiger partial charge in [-0.25, -0.2) is 4.68 Å². The number of carbonyl (C=O) groups is 1. The van der Waals surface area contributed by atoms with Gasteiger partial charge in [0.25, 0.3) is 5.91 Å². The van der Waals surface area contributed by atoms with E-state index < -0.39 is 18.3 Å². The van der Waals surface area contributed by atoms with E-state index in [1.807, 2.05) is 0 Å². The zero-order chi connectivity index (χ0) is 23.0. The van der Waals surface area contributed by atoms with Crippen molar-refractivity contribution in [1.82, 2.24) is 14.7 Å². The topological polar surface area (TPSA) is 68.6 Å². The third-order valence-corrected chi connectivity index (χ3v) is 6.29. The molecular formula is C22H27F3N4O3. The van der Waals surface area contributed by atoms with E-state index in [2.05, 4.69) is 17.3 Å². The lowest BCUT2D eigenvalue weighted by Crippen LogP contribution is -2.38. The van der Waals surface area contributed by atoms with Gasteiger partial charge in [0.15, 0.2) is 23.2 Å². The van der Waals surface area contributed by atoms with Gasteiger partial charge in [0.1, 0.15) is 5.82 Å². The Morgan fingerprint density at radius 1 is 1.12 bits per heavy atom. The molecule has 2 aliphatic heterocycles. The van der Waals surface area contributed by atoms with Crippen LogP contribution in [0, 0.1) is 5.92 Å². The number of nitrogens with zero attached hydrogens (tertiary/aromatic N) is 3. The third kappa shape index (κ3) is 4.22. The van der Waals surface area contributed by atoms with Crippen molar-refractivity contribution in [2.24, 2.45) is 5.92 Å². The number of fused-ring (bicyclic) bond motifs is 1. The van der Waals surface area contributed by atoms with E-state index in [1.54, 1.807) is 23.1 Å². The highest BCUT2D eigenvalue weighted by molar-refractivity contribution is 5.93. The van der Waals surface area contributed by atoms with Crippen molar-refractivity contribution in [3.8, 4) is 11.5 Å². The summed E-state index contributed by atoms with van der Waals surface area (Å²) in [7, 11) is 2.97. The second-order valence-corrected chi connectivity index (χ2v) is 8.44. The number of alkyl halides is 3. The van der Waals surface area contributed by atoms with Crippen LogP contribution in [0.3, 0.4) is 0 Å². The molecule has 32 heavy (non-hydrogen) atoms. The molecule has 0 bridgehead atoms. The molecule has 1 N–H and O–H groups in total. The Kier molecular flexibility index (Phi) is 5.96. The molecule has 3 heterocycles. The molecule has 7 nitrogen and oxygen atoms in total. The molecule has 2 aliphatic rings. The molecular weight excluding hydrogens is 425 g/mol. The number of amides is 1. The van der Waals surface area contributed by atoms with Crippen LogP contribution in [0.1, 0.15) is 54.3 Å². The van der Waals surface area contributed by atoms with Crippen LogP contribution in [-0.4, -0.2) is 54.1 Å². The zero-order valence-corrected chi connectivity index (χ0v) is 18.3. The third-order valence-electron chi connectivity index (χ3n) is 6.29. The second kappa shape index (κ2) is 8.55. The van der Waals surface area contributed by atoms with Crippen molar-refractivity contribution >= 4 is 11.7 Å². The Bertz CT molecular complexity index is 983. The molecule has 1 fully saturated rings. The maximum atomic E-state index is 14.0. The molecule has 10 heteroatoms. The lowest BCUT2D eigenvalue weighted by Gasteiger charge is -2.33. The first-order valence-corrected chi connectivity index (χ1v) is 10.6. The molecule has 1 aromatic heterocycles. The van der Waals surface area contributed by atoms with Crippen LogP contribution in [-0.2, 0) is 0 Å². The van der Waals surface area contributed by atoms with Gasteiger partial charge in [-0.15, -0.1) is 0 Å². The van der Waals surface area contributed by atoms with Crippen LogP contribution >= 0.6 is 0 Å². The average Bonchev–Trinajstić information content (AvgIpc) is 3.21. The Labute approximate surface area is 184 Å². The Morgan fingerprint density at radius 3 is 2.44 bits per heavy atom. The number of ether oxygens (including phenoxy) is 2. The van der Waals surface area contributed by atoms with Crippen LogP contribution in [0.2, 0.25) is 0 Å². The highest BCUT2D eigenvalue weighted by Gasteiger charge is 2.47. The van der Waals surface area contributed by atoms with E-state index in [1.165, 1.54) is 20.3 Å². The summed E-state index contributed by atoms with van der Waals surface area (Å²) in [6.07, 6.45) is -3.02. The van der Waals surface area contributed by atoms with Crippen molar-refractivity contribution in [1.29, 1.82) is 0 Å². The molecule has 0 spiro atoms. The van der Waals surface area contributed by atoms with Gasteiger partial charge in [0, 0.05) is 25.6 Å². The van der Waals surface area contributed by atoms with E-state index in [4.69, 9.17) is 9.47 Å². The Morgan fingerprint density at radius 2 is 1.81 bits per heavy atom. The first kappa shape index (κ1) is 22.3. The van der Waals surface area contributed by atoms with Gasteiger partial charge < -0.3 is 19.7 Å². The summed E-state index contributed by atoms with van der Waals surface area (Å²) in [5.41, 5.74) is 0.659. The number of hydrogen-bond acceptors (Lipinski definition) is 5. The fraction of sp³-hybridized carbons (Fsp3) is 0.545. The predicted octanol–water partition coefficient (Wildman–Crippen LogP) is 4.43. The lowest BCUT2D eigenvalue weighted by atomic mass is 9.96. The van der Waals surface area contributed by atoms with Crippen molar-refractivity contribution in [3.63, 3.8) is 0 Å². The number of benzene rings is 1. The number of rotatable bonds is 4. The summed E-state index contributed by atoms with van der Waals surface area (Å²) in [4.78, 5) is 14.6. The SMILES string of the molecule is COc1ccc([C@@H]2C[C@H](C(F)(F)F)n3nc(C(=O)N4CCC(C)CC4)cc3N2)cc1OC. The minimum Gasteiger partial charge on any atom is -0.493 e. The predicted molar refractivity (Wildman–Crippen MR) is 112 cm³/mol. The molecule has 1 aromatic carbocycles. The van der Waals surface area contributed by atoms with E-state index >= 15 is 0 Å². The van der Waals surface area contributed by atoms with E-state index in [0.717, 1.165) is 17.5 Å². The van der Waals surface area contributed by atoms with E-state index in [0.29, 0.717) is 36.1 Å². The summed E-state index contributed by atoms with van der Waals surface area (Å²) in [5.74, 6) is 1.31. The maximum Gasteiger partial charge on any atom is 0.410 e. The normalized spacial score (nSPS) is 21.6. The van der Waals surface area contributed by atoms with Crippen LogP contribution < -0.4 is 14.8 Å². The van der Waals surface area contributed by atoms with Crippen molar-refractivity contribution in [3.05, 3.63) is 35.5 Å². The molecule has 4 rings (SSSR count). The Hall–Kier alpha value is -2.91.